The molecule has 0 radical (unpaired) electrons. The number of fused-ring (bicyclic) bond motifs is 1. The van der Waals surface area contributed by atoms with Gasteiger partial charge in [-0.25, -0.2) is 18.0 Å². The first-order valence-corrected chi connectivity index (χ1v) is 14.0. The number of carbonyl (C=O) groups is 1. The number of carboxylic acid groups (broad SMARTS) is 1. The lowest BCUT2D eigenvalue weighted by Gasteiger charge is -2.33. The largest absolute Gasteiger partial charge is 0.465 e. The van der Waals surface area contributed by atoms with Gasteiger partial charge in [0.1, 0.15) is 0 Å². The quantitative estimate of drug-likeness (QED) is 0.445. The topological polar surface area (TPSA) is 133 Å². The summed E-state index contributed by atoms with van der Waals surface area (Å²) in [5.74, 6) is -0.137. The summed E-state index contributed by atoms with van der Waals surface area (Å²) < 4.78 is 26.8. The van der Waals surface area contributed by atoms with Crippen LogP contribution in [0, 0.1) is 0 Å². The molecule has 1 aliphatic rings. The number of rotatable bonds is 6. The number of piperazine rings is 1. The van der Waals surface area contributed by atoms with Gasteiger partial charge in [0.15, 0.2) is 9.84 Å². The minimum Gasteiger partial charge on any atom is -0.465 e. The molecule has 10 nitrogen and oxygen atoms in total. The highest BCUT2D eigenvalue weighted by Crippen LogP contribution is 2.24. The van der Waals surface area contributed by atoms with Crippen LogP contribution in [0.5, 0.6) is 0 Å². The Hall–Kier alpha value is -2.67. The Balaban J connectivity index is 1.74. The maximum Gasteiger partial charge on any atom is 0.407 e. The minimum absolute atomic E-state index is 0.0243. The van der Waals surface area contributed by atoms with Crippen molar-refractivity contribution in [3.05, 3.63) is 71.8 Å². The molecular formula is C23H24BrClN4O6S. The first-order valence-electron chi connectivity index (χ1n) is 11.2. The second kappa shape index (κ2) is 10.4. The van der Waals surface area contributed by atoms with Crippen LogP contribution in [-0.4, -0.2) is 70.9 Å². The molecule has 4 rings (SSSR count). The predicted molar refractivity (Wildman–Crippen MR) is 140 cm³/mol. The Bertz CT molecular complexity index is 1560. The summed E-state index contributed by atoms with van der Waals surface area (Å²) in [7, 11) is -3.61. The lowest BCUT2D eigenvalue weighted by atomic mass is 10.1. The molecule has 1 fully saturated rings. The van der Waals surface area contributed by atoms with Gasteiger partial charge in [0, 0.05) is 42.2 Å². The Morgan fingerprint density at radius 2 is 1.78 bits per heavy atom. The first kappa shape index (κ1) is 26.4. The van der Waals surface area contributed by atoms with E-state index in [-0.39, 0.29) is 28.1 Å². The molecule has 0 spiro atoms. The van der Waals surface area contributed by atoms with Crippen LogP contribution >= 0.6 is 27.5 Å². The highest BCUT2D eigenvalue weighted by molar-refractivity contribution is 9.10. The molecule has 0 aliphatic carbocycles. The van der Waals surface area contributed by atoms with Crippen LogP contribution in [0.25, 0.3) is 10.9 Å². The van der Waals surface area contributed by atoms with Crippen molar-refractivity contribution in [3.8, 4) is 0 Å². The molecule has 0 bridgehead atoms. The number of aromatic nitrogens is 2. The van der Waals surface area contributed by atoms with E-state index in [1.54, 1.807) is 6.07 Å². The lowest BCUT2D eigenvalue weighted by Crippen LogP contribution is -2.47. The monoisotopic (exact) mass is 598 g/mol. The fourth-order valence-corrected chi connectivity index (χ4v) is 6.11. The maximum absolute atomic E-state index is 13.4. The molecule has 1 aromatic heterocycles. The lowest BCUT2D eigenvalue weighted by molar-refractivity contribution is 0.103. The summed E-state index contributed by atoms with van der Waals surface area (Å²) in [5, 5.41) is 9.72. The third-order valence-electron chi connectivity index (χ3n) is 6.24. The molecule has 1 saturated heterocycles. The van der Waals surface area contributed by atoms with Crippen LogP contribution in [0.4, 0.5) is 4.79 Å². The fourth-order valence-electron chi connectivity index (χ4n) is 4.30. The average Bonchev–Trinajstić information content (AvgIpc) is 2.83. The predicted octanol–water partition coefficient (Wildman–Crippen LogP) is 2.74. The summed E-state index contributed by atoms with van der Waals surface area (Å²) >= 11 is 9.53. The zero-order valence-electron chi connectivity index (χ0n) is 19.3. The second-order valence-corrected chi connectivity index (χ2v) is 12.1. The molecule has 0 saturated carbocycles. The second-order valence-electron chi connectivity index (χ2n) is 8.51. The van der Waals surface area contributed by atoms with Crippen LogP contribution in [0.3, 0.4) is 0 Å². The molecule has 2 heterocycles. The maximum atomic E-state index is 13.4. The number of H-pyrrole nitrogens is 1. The molecule has 192 valence electrons. The van der Waals surface area contributed by atoms with Crippen LogP contribution in [0.2, 0.25) is 5.02 Å². The van der Waals surface area contributed by atoms with E-state index >= 15 is 0 Å². The highest BCUT2D eigenvalue weighted by Gasteiger charge is 2.23. The van der Waals surface area contributed by atoms with Gasteiger partial charge in [0.2, 0.25) is 0 Å². The molecule has 36 heavy (non-hydrogen) atoms. The van der Waals surface area contributed by atoms with E-state index in [0.29, 0.717) is 53.3 Å². The minimum atomic E-state index is -3.61. The number of nitrogens with one attached hydrogen (secondary N) is 1. The van der Waals surface area contributed by atoms with E-state index in [1.165, 1.54) is 30.0 Å². The van der Waals surface area contributed by atoms with E-state index in [1.807, 2.05) is 6.07 Å². The van der Waals surface area contributed by atoms with Gasteiger partial charge in [-0.2, -0.15) is 0 Å². The van der Waals surface area contributed by atoms with E-state index in [2.05, 4.69) is 25.8 Å². The Kier molecular flexibility index (Phi) is 7.60. The summed E-state index contributed by atoms with van der Waals surface area (Å²) in [6.07, 6.45) is -0.956. The number of nitrogens with zero attached hydrogens (tertiary/aromatic N) is 3. The van der Waals surface area contributed by atoms with Gasteiger partial charge < -0.3 is 15.0 Å². The van der Waals surface area contributed by atoms with Crippen molar-refractivity contribution in [1.82, 2.24) is 19.4 Å². The first-order chi connectivity index (χ1) is 17.0. The summed E-state index contributed by atoms with van der Waals surface area (Å²) in [4.78, 5) is 43.9. The Morgan fingerprint density at radius 1 is 1.08 bits per heavy atom. The molecule has 1 amide bonds. The van der Waals surface area contributed by atoms with E-state index in [9.17, 15) is 22.8 Å². The summed E-state index contributed by atoms with van der Waals surface area (Å²) in [6, 6.07) is 7.71. The summed E-state index contributed by atoms with van der Waals surface area (Å²) in [5.41, 5.74) is 0.111. The number of hydrogen-bond acceptors (Lipinski definition) is 6. The number of amides is 1. The molecule has 0 unspecified atom stereocenters. The van der Waals surface area contributed by atoms with Crippen molar-refractivity contribution in [3.63, 3.8) is 0 Å². The van der Waals surface area contributed by atoms with E-state index < -0.39 is 27.2 Å². The zero-order chi connectivity index (χ0) is 26.2. The van der Waals surface area contributed by atoms with Crippen molar-refractivity contribution in [2.24, 2.45) is 0 Å². The molecule has 1 aliphatic heterocycles. The number of sulfone groups is 1. The van der Waals surface area contributed by atoms with Crippen molar-refractivity contribution in [1.29, 1.82) is 0 Å². The van der Waals surface area contributed by atoms with Gasteiger partial charge in [0.05, 0.1) is 28.1 Å². The Morgan fingerprint density at radius 3 is 2.42 bits per heavy atom. The van der Waals surface area contributed by atoms with Crippen LogP contribution < -0.4 is 11.2 Å². The number of aromatic amines is 1. The average molecular weight is 600 g/mol. The number of halogens is 2. The Labute approximate surface area is 220 Å². The van der Waals surface area contributed by atoms with Crippen LogP contribution in [0.15, 0.2) is 49.3 Å². The van der Waals surface area contributed by atoms with Crippen molar-refractivity contribution >= 4 is 54.4 Å². The van der Waals surface area contributed by atoms with Crippen molar-refractivity contribution in [2.45, 2.75) is 24.9 Å². The molecule has 2 N–H and O–H groups in total. The molecular weight excluding hydrogens is 576 g/mol. The van der Waals surface area contributed by atoms with Crippen LogP contribution in [-0.2, 0) is 22.9 Å². The molecule has 3 aromatic rings. The van der Waals surface area contributed by atoms with Crippen molar-refractivity contribution in [2.75, 3.05) is 31.9 Å². The molecule has 0 atom stereocenters. The standard InChI is InChI=1S/C23H24BrClN4O6S/c1-2-36(34,35)19-4-3-17(25)10-14(19)13-29-21(30)18-11-16(24)9-15(20(18)26-22(29)31)12-27-5-7-28(8-6-27)23(32)33/h3-4,9-11H,2,5-8,12-13H2,1H3,(H,26,31)(H,32,33). The van der Waals surface area contributed by atoms with Gasteiger partial charge in [-0.1, -0.05) is 34.5 Å². The van der Waals surface area contributed by atoms with E-state index in [4.69, 9.17) is 16.7 Å². The molecule has 13 heteroatoms. The van der Waals surface area contributed by atoms with Gasteiger partial charge in [-0.05, 0) is 41.5 Å². The smallest absolute Gasteiger partial charge is 0.407 e. The van der Waals surface area contributed by atoms with Gasteiger partial charge in [0.25, 0.3) is 5.56 Å². The highest BCUT2D eigenvalue weighted by atomic mass is 79.9. The van der Waals surface area contributed by atoms with Gasteiger partial charge >= 0.3 is 11.8 Å². The normalized spacial score (nSPS) is 14.9. The molecule has 2 aromatic carbocycles. The van der Waals surface area contributed by atoms with E-state index in [0.717, 1.165) is 4.57 Å². The summed E-state index contributed by atoms with van der Waals surface area (Å²) in [6.45, 7) is 3.44. The van der Waals surface area contributed by atoms with Crippen LogP contribution in [0.1, 0.15) is 18.1 Å². The number of hydrogen-bond donors (Lipinski definition) is 2. The van der Waals surface area contributed by atoms with Gasteiger partial charge in [-0.15, -0.1) is 0 Å². The fraction of sp³-hybridized carbons (Fsp3) is 0.348. The van der Waals surface area contributed by atoms with Gasteiger partial charge in [-0.3, -0.25) is 14.3 Å². The third-order valence-corrected chi connectivity index (χ3v) is 8.76. The number of benzene rings is 2. The SMILES string of the molecule is CCS(=O)(=O)c1ccc(Cl)cc1Cn1c(=O)[nH]c2c(CN3CCN(C(=O)O)CC3)cc(Br)cc2c1=O. The third kappa shape index (κ3) is 5.36. The zero-order valence-corrected chi connectivity index (χ0v) is 22.5. The van der Waals surface area contributed by atoms with Crippen molar-refractivity contribution < 1.29 is 18.3 Å².